The Morgan fingerprint density at radius 1 is 0.812 bits per heavy atom. The van der Waals surface area contributed by atoms with Crippen molar-refractivity contribution in [2.75, 3.05) is 0 Å². The van der Waals surface area contributed by atoms with Gasteiger partial charge in [-0.15, -0.1) is 0 Å². The number of rotatable bonds is 10. The third kappa shape index (κ3) is 8.42. The zero-order valence-corrected chi connectivity index (χ0v) is 13.5. The fourth-order valence-electron chi connectivity index (χ4n) is 1.84. The Balaban J connectivity index is 4.05. The molecule has 1 heteroatoms. The fourth-order valence-corrected chi connectivity index (χ4v) is 4.25. The summed E-state index contributed by atoms with van der Waals surface area (Å²) in [6.07, 6.45) is 11.0. The third-order valence-corrected chi connectivity index (χ3v) is 5.50. The predicted octanol–water partition coefficient (Wildman–Crippen LogP) is 5.56. The van der Waals surface area contributed by atoms with Crippen LogP contribution in [-0.2, 0) is 0 Å². The van der Waals surface area contributed by atoms with Gasteiger partial charge in [0.25, 0.3) is 0 Å². The monoisotopic (exact) mass is 290 g/mol. The molecule has 0 radical (unpaired) electrons. The molecule has 0 unspecified atom stereocenters. The quantitative estimate of drug-likeness (QED) is 0.364. The molecule has 0 saturated heterocycles. The summed E-state index contributed by atoms with van der Waals surface area (Å²) >= 11 is 0.784. The second kappa shape index (κ2) is 11.7. The Bertz CT molecular complexity index is 182. The average molecular weight is 289 g/mol. The van der Waals surface area contributed by atoms with Crippen LogP contribution >= 0.6 is 0 Å². The van der Waals surface area contributed by atoms with E-state index < -0.39 is 0 Å². The second-order valence-corrected chi connectivity index (χ2v) is 7.32. The number of unbranched alkanes of at least 4 members (excludes halogenated alkanes) is 3. The fraction of sp³-hybridized carbons (Fsp3) is 0.867. The minimum absolute atomic E-state index is 0.784. The normalized spacial score (nSPS) is 12.8. The van der Waals surface area contributed by atoms with Gasteiger partial charge in [-0.3, -0.25) is 0 Å². The van der Waals surface area contributed by atoms with Gasteiger partial charge in [0.05, 0.1) is 0 Å². The second-order valence-electron chi connectivity index (χ2n) is 4.57. The first-order chi connectivity index (χ1) is 7.76. The van der Waals surface area contributed by atoms with Crippen LogP contribution in [-0.4, -0.2) is 15.0 Å². The van der Waals surface area contributed by atoms with Crippen molar-refractivity contribution in [3.05, 3.63) is 10.0 Å². The molecule has 0 nitrogen and oxygen atoms in total. The third-order valence-electron chi connectivity index (χ3n) is 2.95. The van der Waals surface area contributed by atoms with Crippen LogP contribution in [0.4, 0.5) is 0 Å². The molecule has 0 amide bonds. The first kappa shape index (κ1) is 16.3. The van der Waals surface area contributed by atoms with E-state index >= 15 is 0 Å². The molecule has 0 aromatic heterocycles. The van der Waals surface area contributed by atoms with Gasteiger partial charge >= 0.3 is 109 Å². The van der Waals surface area contributed by atoms with E-state index in [0.717, 1.165) is 15.0 Å². The molecule has 0 saturated carbocycles. The van der Waals surface area contributed by atoms with E-state index in [-0.39, 0.29) is 0 Å². The van der Waals surface area contributed by atoms with E-state index in [1.165, 1.54) is 56.7 Å². The molecular weight excluding hydrogens is 259 g/mol. The Labute approximate surface area is 109 Å². The van der Waals surface area contributed by atoms with Gasteiger partial charge in [-0.25, -0.2) is 0 Å². The molecule has 0 bridgehead atoms. The number of allylic oxidation sites excluding steroid dienone is 2. The van der Waals surface area contributed by atoms with E-state index in [4.69, 9.17) is 0 Å². The summed E-state index contributed by atoms with van der Waals surface area (Å²) in [7, 11) is 0. The van der Waals surface area contributed by atoms with Gasteiger partial charge in [0.1, 0.15) is 0 Å². The molecule has 0 rings (SSSR count). The molecule has 0 aromatic carbocycles. The van der Waals surface area contributed by atoms with Gasteiger partial charge in [-0.2, -0.15) is 0 Å². The SMILES string of the molecule is CCCCC/C(CCC)=C(\C)[Se]CCCC. The Morgan fingerprint density at radius 2 is 1.50 bits per heavy atom. The first-order valence-electron chi connectivity index (χ1n) is 7.07. The first-order valence-corrected chi connectivity index (χ1v) is 9.14. The summed E-state index contributed by atoms with van der Waals surface area (Å²) in [5.41, 5.74) is 1.80. The molecule has 0 fully saturated rings. The van der Waals surface area contributed by atoms with Crippen LogP contribution in [0.3, 0.4) is 0 Å². The average Bonchev–Trinajstić information content (AvgIpc) is 2.28. The molecule has 0 aliphatic carbocycles. The standard InChI is InChI=1S/C15H30Se/c1-5-8-10-12-15(11-7-3)14(4)16-13-9-6-2/h5-13H2,1-4H3/b15-14+. The van der Waals surface area contributed by atoms with Crippen molar-refractivity contribution in [1.29, 1.82) is 0 Å². The van der Waals surface area contributed by atoms with Gasteiger partial charge in [-0.05, 0) is 0 Å². The van der Waals surface area contributed by atoms with Crippen molar-refractivity contribution >= 4 is 15.0 Å². The van der Waals surface area contributed by atoms with E-state index in [9.17, 15) is 0 Å². The van der Waals surface area contributed by atoms with Crippen LogP contribution in [0.2, 0.25) is 5.32 Å². The van der Waals surface area contributed by atoms with Crippen LogP contribution in [0, 0.1) is 0 Å². The maximum absolute atomic E-state index is 2.40. The summed E-state index contributed by atoms with van der Waals surface area (Å²) in [4.78, 5) is 0. The molecule has 96 valence electrons. The van der Waals surface area contributed by atoms with E-state index in [2.05, 4.69) is 27.7 Å². The van der Waals surface area contributed by atoms with Gasteiger partial charge in [0, 0.05) is 0 Å². The molecule has 0 aromatic rings. The zero-order chi connectivity index (χ0) is 12.2. The number of hydrogen-bond donors (Lipinski definition) is 0. The Kier molecular flexibility index (Phi) is 11.9. The molecule has 0 N–H and O–H groups in total. The molecule has 0 atom stereocenters. The van der Waals surface area contributed by atoms with Crippen molar-refractivity contribution in [1.82, 2.24) is 0 Å². The summed E-state index contributed by atoms with van der Waals surface area (Å²) in [5.74, 6) is 0. The van der Waals surface area contributed by atoms with Crippen molar-refractivity contribution < 1.29 is 0 Å². The van der Waals surface area contributed by atoms with Crippen molar-refractivity contribution in [2.24, 2.45) is 0 Å². The van der Waals surface area contributed by atoms with Crippen molar-refractivity contribution in [3.8, 4) is 0 Å². The van der Waals surface area contributed by atoms with Crippen molar-refractivity contribution in [2.45, 2.75) is 84.4 Å². The Hall–Kier alpha value is 0.259. The molecule has 16 heavy (non-hydrogen) atoms. The van der Waals surface area contributed by atoms with Crippen LogP contribution < -0.4 is 0 Å². The molecule has 0 aliphatic heterocycles. The zero-order valence-electron chi connectivity index (χ0n) is 11.8. The van der Waals surface area contributed by atoms with E-state index in [1.807, 2.05) is 0 Å². The summed E-state index contributed by atoms with van der Waals surface area (Å²) < 4.78 is 1.76. The predicted molar refractivity (Wildman–Crippen MR) is 77.2 cm³/mol. The summed E-state index contributed by atoms with van der Waals surface area (Å²) in [6, 6.07) is 0. The van der Waals surface area contributed by atoms with Crippen LogP contribution in [0.25, 0.3) is 0 Å². The van der Waals surface area contributed by atoms with E-state index in [0.29, 0.717) is 0 Å². The van der Waals surface area contributed by atoms with Gasteiger partial charge in [-0.1, -0.05) is 0 Å². The van der Waals surface area contributed by atoms with Gasteiger partial charge in [0.15, 0.2) is 0 Å². The summed E-state index contributed by atoms with van der Waals surface area (Å²) in [5, 5.41) is 1.45. The van der Waals surface area contributed by atoms with Gasteiger partial charge in [0.2, 0.25) is 0 Å². The molecule has 0 spiro atoms. The van der Waals surface area contributed by atoms with Crippen LogP contribution in [0.1, 0.15) is 79.1 Å². The van der Waals surface area contributed by atoms with Crippen LogP contribution in [0.15, 0.2) is 10.0 Å². The molecular formula is C15H30Se. The number of hydrogen-bond acceptors (Lipinski definition) is 0. The molecule has 0 heterocycles. The van der Waals surface area contributed by atoms with Gasteiger partial charge < -0.3 is 0 Å². The summed E-state index contributed by atoms with van der Waals surface area (Å²) in [6.45, 7) is 9.29. The topological polar surface area (TPSA) is 0 Å². The van der Waals surface area contributed by atoms with E-state index in [1.54, 1.807) is 10.0 Å². The maximum atomic E-state index is 2.40. The minimum atomic E-state index is 0.784. The van der Waals surface area contributed by atoms with Crippen LogP contribution in [0.5, 0.6) is 0 Å². The molecule has 0 aliphatic rings. The van der Waals surface area contributed by atoms with Crippen molar-refractivity contribution in [3.63, 3.8) is 0 Å². The Morgan fingerprint density at radius 3 is 2.06 bits per heavy atom.